The predicted molar refractivity (Wildman–Crippen MR) is 149 cm³/mol. The second kappa shape index (κ2) is 10.1. The van der Waals surface area contributed by atoms with E-state index in [0.717, 1.165) is 29.9 Å². The first-order chi connectivity index (χ1) is 18.7. The van der Waals surface area contributed by atoms with Gasteiger partial charge in [0.25, 0.3) is 0 Å². The standard InChI is InChI=1S/C29H23Cl3N2O5/c30-21-5-2-6-22(31)25(21)26-20(27(39-33-26)16-7-8-16)13-38-19-9-10-24(23(32)12-19)34-14-29(37,15-34)18-4-1-3-17(11-18)28(35)36/h1-6,9-12,16,37H,7-8,13-15H2,(H,35,36). The van der Waals surface area contributed by atoms with Gasteiger partial charge in [-0.15, -0.1) is 0 Å². The van der Waals surface area contributed by atoms with Crippen molar-refractivity contribution in [1.82, 2.24) is 5.16 Å². The highest BCUT2D eigenvalue weighted by molar-refractivity contribution is 6.39. The molecule has 200 valence electrons. The Bertz CT molecular complexity index is 1560. The lowest BCUT2D eigenvalue weighted by Crippen LogP contribution is -2.59. The number of aromatic carboxylic acids is 1. The number of nitrogens with zero attached hydrogens (tertiary/aromatic N) is 2. The van der Waals surface area contributed by atoms with Crippen LogP contribution < -0.4 is 9.64 Å². The number of anilines is 1. The van der Waals surface area contributed by atoms with Crippen LogP contribution in [0.4, 0.5) is 5.69 Å². The van der Waals surface area contributed by atoms with Crippen molar-refractivity contribution < 1.29 is 24.3 Å². The molecule has 1 aliphatic carbocycles. The highest BCUT2D eigenvalue weighted by Crippen LogP contribution is 2.46. The molecule has 7 nitrogen and oxygen atoms in total. The lowest BCUT2D eigenvalue weighted by atomic mass is 9.85. The zero-order valence-electron chi connectivity index (χ0n) is 20.5. The maximum Gasteiger partial charge on any atom is 0.335 e. The van der Waals surface area contributed by atoms with Gasteiger partial charge in [0.2, 0.25) is 0 Å². The van der Waals surface area contributed by atoms with E-state index >= 15 is 0 Å². The van der Waals surface area contributed by atoms with E-state index in [-0.39, 0.29) is 25.3 Å². The number of carbonyl (C=O) groups is 1. The van der Waals surface area contributed by atoms with Gasteiger partial charge >= 0.3 is 5.97 Å². The van der Waals surface area contributed by atoms with Crippen LogP contribution in [0.15, 0.2) is 65.2 Å². The maximum absolute atomic E-state index is 11.3. The number of β-amino-alcohol motifs (C(OH)–C–C–N with tert-alkyl or cyclic N) is 1. The zero-order chi connectivity index (χ0) is 27.3. The van der Waals surface area contributed by atoms with Crippen LogP contribution in [0.1, 0.15) is 46.0 Å². The van der Waals surface area contributed by atoms with Gasteiger partial charge in [-0.2, -0.15) is 0 Å². The Labute approximate surface area is 239 Å². The van der Waals surface area contributed by atoms with Crippen molar-refractivity contribution in [2.75, 3.05) is 18.0 Å². The van der Waals surface area contributed by atoms with Gasteiger partial charge in [0.1, 0.15) is 29.4 Å². The summed E-state index contributed by atoms with van der Waals surface area (Å²) in [7, 11) is 0. The van der Waals surface area contributed by atoms with Crippen LogP contribution in [0.3, 0.4) is 0 Å². The summed E-state index contributed by atoms with van der Waals surface area (Å²) >= 11 is 19.5. The Hall–Kier alpha value is -3.23. The molecular weight excluding hydrogens is 563 g/mol. The van der Waals surface area contributed by atoms with Crippen molar-refractivity contribution >= 4 is 46.5 Å². The number of halogens is 3. The van der Waals surface area contributed by atoms with E-state index in [4.69, 9.17) is 44.1 Å². The fraction of sp³-hybridized carbons (Fsp3) is 0.241. The third-order valence-electron chi connectivity index (χ3n) is 7.16. The van der Waals surface area contributed by atoms with Crippen molar-refractivity contribution in [2.24, 2.45) is 0 Å². The number of hydrogen-bond acceptors (Lipinski definition) is 6. The van der Waals surface area contributed by atoms with Gasteiger partial charge in [-0.05, 0) is 54.8 Å². The first kappa shape index (κ1) is 26.0. The van der Waals surface area contributed by atoms with Crippen molar-refractivity contribution in [1.29, 1.82) is 0 Å². The molecule has 0 unspecified atom stereocenters. The first-order valence-corrected chi connectivity index (χ1v) is 13.5. The largest absolute Gasteiger partial charge is 0.489 e. The normalized spacial score (nSPS) is 16.2. The number of rotatable bonds is 8. The molecule has 0 spiro atoms. The van der Waals surface area contributed by atoms with E-state index in [1.54, 1.807) is 36.4 Å². The SMILES string of the molecule is O=C(O)c1cccc(C2(O)CN(c3ccc(OCc4c(-c5c(Cl)cccc5Cl)noc4C4CC4)cc3Cl)C2)c1. The minimum atomic E-state index is -1.16. The van der Waals surface area contributed by atoms with Crippen LogP contribution in [0.25, 0.3) is 11.3 Å². The third kappa shape index (κ3) is 4.96. The number of aliphatic hydroxyl groups is 1. The van der Waals surface area contributed by atoms with Gasteiger partial charge in [0, 0.05) is 17.5 Å². The number of ether oxygens (including phenoxy) is 1. The molecule has 0 amide bonds. The van der Waals surface area contributed by atoms with Gasteiger partial charge in [0.05, 0.1) is 45.0 Å². The van der Waals surface area contributed by atoms with Gasteiger partial charge in [-0.1, -0.05) is 58.2 Å². The molecule has 3 aromatic carbocycles. The number of aromatic nitrogens is 1. The Balaban J connectivity index is 1.18. The van der Waals surface area contributed by atoms with E-state index in [2.05, 4.69) is 5.16 Å². The van der Waals surface area contributed by atoms with Crippen molar-refractivity contribution in [3.05, 3.63) is 98.2 Å². The molecule has 2 heterocycles. The summed E-state index contributed by atoms with van der Waals surface area (Å²) in [6, 6.07) is 17.0. The van der Waals surface area contributed by atoms with Crippen LogP contribution in [0.2, 0.25) is 15.1 Å². The molecule has 1 saturated carbocycles. The number of carboxylic acids is 1. The molecule has 39 heavy (non-hydrogen) atoms. The summed E-state index contributed by atoms with van der Waals surface area (Å²) in [4.78, 5) is 13.2. The van der Waals surface area contributed by atoms with Gasteiger partial charge in [-0.3, -0.25) is 0 Å². The molecule has 1 aromatic heterocycles. The molecule has 2 aliphatic rings. The predicted octanol–water partition coefficient (Wildman–Crippen LogP) is 7.16. The monoisotopic (exact) mass is 584 g/mol. The third-order valence-corrected chi connectivity index (χ3v) is 8.09. The van der Waals surface area contributed by atoms with Crippen LogP contribution in [0, 0.1) is 0 Å². The highest BCUT2D eigenvalue weighted by atomic mass is 35.5. The summed E-state index contributed by atoms with van der Waals surface area (Å²) < 4.78 is 11.8. The fourth-order valence-electron chi connectivity index (χ4n) is 4.92. The molecule has 1 aliphatic heterocycles. The summed E-state index contributed by atoms with van der Waals surface area (Å²) in [5.74, 6) is 0.620. The average Bonchev–Trinajstić information content (AvgIpc) is 3.66. The fourth-order valence-corrected chi connectivity index (χ4v) is 5.78. The Morgan fingerprint density at radius 2 is 1.74 bits per heavy atom. The number of benzene rings is 3. The quantitative estimate of drug-likeness (QED) is 0.226. The minimum Gasteiger partial charge on any atom is -0.489 e. The van der Waals surface area contributed by atoms with E-state index in [9.17, 15) is 15.0 Å². The van der Waals surface area contributed by atoms with Crippen molar-refractivity contribution in [2.45, 2.75) is 31.0 Å². The van der Waals surface area contributed by atoms with Gasteiger partial charge in [0.15, 0.2) is 0 Å². The van der Waals surface area contributed by atoms with Crippen LogP contribution in [0.5, 0.6) is 5.75 Å². The summed E-state index contributed by atoms with van der Waals surface area (Å²) in [5.41, 5.74) is 2.28. The Kier molecular flexibility index (Phi) is 6.71. The Morgan fingerprint density at radius 1 is 1.03 bits per heavy atom. The molecule has 4 aromatic rings. The smallest absolute Gasteiger partial charge is 0.335 e. The molecule has 6 rings (SSSR count). The molecule has 2 fully saturated rings. The van der Waals surface area contributed by atoms with Crippen LogP contribution >= 0.6 is 34.8 Å². The van der Waals surface area contributed by atoms with Crippen molar-refractivity contribution in [3.8, 4) is 17.0 Å². The maximum atomic E-state index is 11.3. The second-order valence-electron chi connectivity index (χ2n) is 9.92. The zero-order valence-corrected chi connectivity index (χ0v) is 22.8. The first-order valence-electron chi connectivity index (χ1n) is 12.4. The number of carboxylic acid groups (broad SMARTS) is 1. The summed E-state index contributed by atoms with van der Waals surface area (Å²) in [6.07, 6.45) is 2.06. The van der Waals surface area contributed by atoms with Crippen LogP contribution in [-0.4, -0.2) is 34.4 Å². The molecule has 0 atom stereocenters. The highest BCUT2D eigenvalue weighted by Gasteiger charge is 2.43. The lowest BCUT2D eigenvalue weighted by Gasteiger charge is -2.48. The average molecular weight is 586 g/mol. The topological polar surface area (TPSA) is 96.0 Å². The van der Waals surface area contributed by atoms with Crippen molar-refractivity contribution in [3.63, 3.8) is 0 Å². The molecular formula is C29H23Cl3N2O5. The van der Waals surface area contributed by atoms with E-state index in [0.29, 0.717) is 43.6 Å². The van der Waals surface area contributed by atoms with E-state index < -0.39 is 11.6 Å². The van der Waals surface area contributed by atoms with Gasteiger partial charge < -0.3 is 24.4 Å². The molecule has 2 N–H and O–H groups in total. The Morgan fingerprint density at radius 3 is 2.41 bits per heavy atom. The van der Waals surface area contributed by atoms with E-state index in [1.165, 1.54) is 12.1 Å². The van der Waals surface area contributed by atoms with Crippen LogP contribution in [-0.2, 0) is 12.2 Å². The summed E-state index contributed by atoms with van der Waals surface area (Å²) in [6.45, 7) is 0.762. The minimum absolute atomic E-state index is 0.136. The molecule has 1 saturated heterocycles. The van der Waals surface area contributed by atoms with Gasteiger partial charge in [-0.25, -0.2) is 4.79 Å². The van der Waals surface area contributed by atoms with E-state index in [1.807, 2.05) is 17.0 Å². The molecule has 0 bridgehead atoms. The second-order valence-corrected chi connectivity index (χ2v) is 11.1. The molecule has 10 heteroatoms. The molecule has 0 radical (unpaired) electrons. The summed E-state index contributed by atoms with van der Waals surface area (Å²) in [5, 5.41) is 26.0. The lowest BCUT2D eigenvalue weighted by molar-refractivity contribution is 0.00749. The number of hydrogen-bond donors (Lipinski definition) is 2.